The first kappa shape index (κ1) is 11.9. The summed E-state index contributed by atoms with van der Waals surface area (Å²) in [6.07, 6.45) is 3.27. The van der Waals surface area contributed by atoms with Crippen LogP contribution in [0.5, 0.6) is 0 Å². The number of methoxy groups -OCH3 is 1. The molecule has 0 aromatic heterocycles. The Morgan fingerprint density at radius 3 is 2.76 bits per heavy atom. The van der Waals surface area contributed by atoms with Crippen LogP contribution in [0.2, 0.25) is 0 Å². The summed E-state index contributed by atoms with van der Waals surface area (Å²) in [7, 11) is 1.70. The monoisotopic (exact) mass is 230 g/mol. The lowest BCUT2D eigenvalue weighted by molar-refractivity contribution is 0.185. The second-order valence-electron chi connectivity index (χ2n) is 4.55. The number of ether oxygens (including phenoxy) is 1. The van der Waals surface area contributed by atoms with Gasteiger partial charge in [-0.15, -0.1) is 0 Å². The number of hydrogen-bond acceptors (Lipinski definition) is 3. The fraction of sp³-hybridized carbons (Fsp3) is 0.500. The molecule has 2 atom stereocenters. The van der Waals surface area contributed by atoms with Gasteiger partial charge in [-0.3, -0.25) is 0 Å². The van der Waals surface area contributed by atoms with Gasteiger partial charge in [0.25, 0.3) is 0 Å². The molecule has 0 amide bonds. The van der Waals surface area contributed by atoms with Gasteiger partial charge < -0.3 is 10.1 Å². The van der Waals surface area contributed by atoms with Crippen LogP contribution in [0, 0.1) is 17.2 Å². The molecule has 1 aromatic carbocycles. The molecule has 2 rings (SSSR count). The van der Waals surface area contributed by atoms with Crippen LogP contribution in [0.25, 0.3) is 0 Å². The van der Waals surface area contributed by atoms with Gasteiger partial charge in [0.2, 0.25) is 0 Å². The predicted octanol–water partition coefficient (Wildman–Crippen LogP) is 2.94. The third kappa shape index (κ3) is 2.98. The van der Waals surface area contributed by atoms with Crippen molar-refractivity contribution in [2.45, 2.75) is 31.9 Å². The molecule has 1 aromatic rings. The second-order valence-corrected chi connectivity index (χ2v) is 4.55. The minimum atomic E-state index is 0.161. The van der Waals surface area contributed by atoms with Crippen LogP contribution >= 0.6 is 0 Å². The van der Waals surface area contributed by atoms with Gasteiger partial charge >= 0.3 is 0 Å². The van der Waals surface area contributed by atoms with Gasteiger partial charge in [-0.2, -0.15) is 5.26 Å². The molecule has 3 nitrogen and oxygen atoms in total. The number of benzene rings is 1. The van der Waals surface area contributed by atoms with Crippen LogP contribution in [-0.2, 0) is 11.3 Å². The second kappa shape index (κ2) is 5.70. The summed E-state index contributed by atoms with van der Waals surface area (Å²) in [6.45, 7) is 0.643. The highest BCUT2D eigenvalue weighted by Crippen LogP contribution is 2.28. The zero-order valence-electron chi connectivity index (χ0n) is 10.1. The van der Waals surface area contributed by atoms with Crippen LogP contribution in [0.3, 0.4) is 0 Å². The van der Waals surface area contributed by atoms with Crippen molar-refractivity contribution < 1.29 is 4.74 Å². The van der Waals surface area contributed by atoms with Crippen molar-refractivity contribution in [2.75, 3.05) is 12.4 Å². The molecule has 17 heavy (non-hydrogen) atoms. The smallest absolute Gasteiger partial charge is 0.0713 e. The number of nitrogens with one attached hydrogen (secondary N) is 1. The summed E-state index contributed by atoms with van der Waals surface area (Å²) in [5, 5.41) is 12.5. The van der Waals surface area contributed by atoms with E-state index < -0.39 is 0 Å². The molecule has 1 fully saturated rings. The van der Waals surface area contributed by atoms with E-state index in [1.54, 1.807) is 7.11 Å². The largest absolute Gasteiger partial charge is 0.381 e. The summed E-state index contributed by atoms with van der Waals surface area (Å²) >= 11 is 0. The standard InChI is InChI=1S/C14H18N2O/c1-17-10-11-5-7-13(8-6-11)16-14-4-2-3-12(14)9-15/h5-8,12,14,16H,2-4,10H2,1H3. The minimum Gasteiger partial charge on any atom is -0.381 e. The molecular formula is C14H18N2O. The average Bonchev–Trinajstić information content (AvgIpc) is 2.79. The van der Waals surface area contributed by atoms with Crippen LogP contribution in [0.1, 0.15) is 24.8 Å². The van der Waals surface area contributed by atoms with Gasteiger partial charge in [-0.25, -0.2) is 0 Å². The fourth-order valence-electron chi connectivity index (χ4n) is 2.37. The summed E-state index contributed by atoms with van der Waals surface area (Å²) in [4.78, 5) is 0. The lowest BCUT2D eigenvalue weighted by Gasteiger charge is -2.17. The molecule has 0 bridgehead atoms. The first-order valence-electron chi connectivity index (χ1n) is 6.07. The molecular weight excluding hydrogens is 212 g/mol. The van der Waals surface area contributed by atoms with Crippen molar-refractivity contribution >= 4 is 5.69 Å². The first-order valence-corrected chi connectivity index (χ1v) is 6.07. The third-order valence-electron chi connectivity index (χ3n) is 3.30. The predicted molar refractivity (Wildman–Crippen MR) is 67.5 cm³/mol. The molecule has 1 N–H and O–H groups in total. The lowest BCUT2D eigenvalue weighted by Crippen LogP contribution is -2.22. The highest BCUT2D eigenvalue weighted by molar-refractivity contribution is 5.46. The number of anilines is 1. The molecule has 3 heteroatoms. The quantitative estimate of drug-likeness (QED) is 0.865. The Morgan fingerprint density at radius 2 is 2.12 bits per heavy atom. The number of hydrogen-bond donors (Lipinski definition) is 1. The zero-order chi connectivity index (χ0) is 12.1. The maximum Gasteiger partial charge on any atom is 0.0713 e. The molecule has 2 unspecified atom stereocenters. The molecule has 0 heterocycles. The van der Waals surface area contributed by atoms with Crippen molar-refractivity contribution in [2.24, 2.45) is 5.92 Å². The van der Waals surface area contributed by atoms with Crippen LogP contribution in [0.4, 0.5) is 5.69 Å². The number of nitrogens with zero attached hydrogens (tertiary/aromatic N) is 1. The van der Waals surface area contributed by atoms with Crippen LogP contribution in [-0.4, -0.2) is 13.2 Å². The Balaban J connectivity index is 1.97. The molecule has 0 radical (unpaired) electrons. The van der Waals surface area contributed by atoms with Gasteiger partial charge in [0, 0.05) is 18.8 Å². The molecule has 0 saturated heterocycles. The Kier molecular flexibility index (Phi) is 4.00. The molecule has 0 spiro atoms. The van der Waals surface area contributed by atoms with E-state index in [0.717, 1.165) is 24.9 Å². The summed E-state index contributed by atoms with van der Waals surface area (Å²) in [5.41, 5.74) is 2.26. The van der Waals surface area contributed by atoms with E-state index in [1.165, 1.54) is 5.56 Å². The number of rotatable bonds is 4. The van der Waals surface area contributed by atoms with E-state index in [-0.39, 0.29) is 5.92 Å². The Morgan fingerprint density at radius 1 is 1.35 bits per heavy atom. The third-order valence-corrected chi connectivity index (χ3v) is 3.30. The van der Waals surface area contributed by atoms with Gasteiger partial charge in [-0.05, 0) is 37.0 Å². The maximum atomic E-state index is 9.02. The van der Waals surface area contributed by atoms with Crippen molar-refractivity contribution in [1.29, 1.82) is 5.26 Å². The van der Waals surface area contributed by atoms with Crippen molar-refractivity contribution in [1.82, 2.24) is 0 Å². The van der Waals surface area contributed by atoms with Gasteiger partial charge in [0.05, 0.1) is 18.6 Å². The maximum absolute atomic E-state index is 9.02. The van der Waals surface area contributed by atoms with Gasteiger partial charge in [-0.1, -0.05) is 12.1 Å². The summed E-state index contributed by atoms with van der Waals surface area (Å²) in [5.74, 6) is 0.161. The SMILES string of the molecule is COCc1ccc(NC2CCCC2C#N)cc1. The molecule has 1 aliphatic rings. The Hall–Kier alpha value is -1.53. The minimum absolute atomic E-state index is 0.161. The highest BCUT2D eigenvalue weighted by atomic mass is 16.5. The van der Waals surface area contributed by atoms with Crippen molar-refractivity contribution in [3.63, 3.8) is 0 Å². The zero-order valence-corrected chi connectivity index (χ0v) is 10.1. The average molecular weight is 230 g/mol. The summed E-state index contributed by atoms with van der Waals surface area (Å²) < 4.78 is 5.07. The fourth-order valence-corrected chi connectivity index (χ4v) is 2.37. The molecule has 1 saturated carbocycles. The van der Waals surface area contributed by atoms with Crippen molar-refractivity contribution in [3.8, 4) is 6.07 Å². The molecule has 90 valence electrons. The number of nitriles is 1. The van der Waals surface area contributed by atoms with E-state index in [0.29, 0.717) is 12.6 Å². The molecule has 0 aliphatic heterocycles. The van der Waals surface area contributed by atoms with E-state index >= 15 is 0 Å². The first-order chi connectivity index (χ1) is 8.33. The lowest BCUT2D eigenvalue weighted by atomic mass is 10.1. The Labute approximate surface area is 102 Å². The van der Waals surface area contributed by atoms with E-state index in [2.05, 4.69) is 35.7 Å². The van der Waals surface area contributed by atoms with Crippen molar-refractivity contribution in [3.05, 3.63) is 29.8 Å². The highest BCUT2D eigenvalue weighted by Gasteiger charge is 2.26. The van der Waals surface area contributed by atoms with Crippen LogP contribution < -0.4 is 5.32 Å². The van der Waals surface area contributed by atoms with E-state index in [4.69, 9.17) is 10.00 Å². The van der Waals surface area contributed by atoms with Gasteiger partial charge in [0.1, 0.15) is 0 Å². The topological polar surface area (TPSA) is 45.0 Å². The van der Waals surface area contributed by atoms with Gasteiger partial charge in [0.15, 0.2) is 0 Å². The van der Waals surface area contributed by atoms with Crippen LogP contribution in [0.15, 0.2) is 24.3 Å². The Bertz CT molecular complexity index is 394. The van der Waals surface area contributed by atoms with E-state index in [9.17, 15) is 0 Å². The summed E-state index contributed by atoms with van der Waals surface area (Å²) in [6, 6.07) is 10.9. The normalized spacial score (nSPS) is 23.3. The molecule has 1 aliphatic carbocycles. The van der Waals surface area contributed by atoms with E-state index in [1.807, 2.05) is 0 Å².